The lowest BCUT2D eigenvalue weighted by atomic mass is 9.99. The molecule has 1 aromatic carbocycles. The first-order chi connectivity index (χ1) is 13.5. The first-order valence-electron chi connectivity index (χ1n) is 9.19. The molecule has 0 saturated carbocycles. The highest BCUT2D eigenvalue weighted by atomic mass is 32.2. The molecule has 1 aliphatic heterocycles. The number of carbonyl (C=O) groups excluding carboxylic acids is 2. The molecule has 1 saturated heterocycles. The number of likely N-dealkylation sites (tertiary alicyclic amines) is 1. The third kappa shape index (κ3) is 6.02. The number of thioether (sulfide) groups is 1. The van der Waals surface area contributed by atoms with Gasteiger partial charge in [0.1, 0.15) is 0 Å². The molecular formula is C19H24N4O3S2. The molecule has 1 N–H and O–H groups in total. The molecule has 1 aliphatic rings. The Morgan fingerprint density at radius 2 is 2.11 bits per heavy atom. The number of benzene rings is 1. The molecule has 1 atom stereocenters. The highest BCUT2D eigenvalue weighted by Crippen LogP contribution is 2.26. The van der Waals surface area contributed by atoms with E-state index in [1.165, 1.54) is 48.6 Å². The number of piperidine rings is 1. The Kier molecular flexibility index (Phi) is 7.41. The van der Waals surface area contributed by atoms with Crippen LogP contribution in [-0.2, 0) is 16.1 Å². The zero-order chi connectivity index (χ0) is 19.9. The molecule has 2 heterocycles. The number of anilines is 1. The van der Waals surface area contributed by atoms with Crippen LogP contribution < -0.4 is 5.32 Å². The zero-order valence-corrected chi connectivity index (χ0v) is 17.6. The number of rotatable bonds is 7. The quantitative estimate of drug-likeness (QED) is 0.418. The van der Waals surface area contributed by atoms with Crippen molar-refractivity contribution in [2.24, 2.45) is 5.92 Å². The van der Waals surface area contributed by atoms with Crippen molar-refractivity contribution in [3.05, 3.63) is 35.4 Å². The van der Waals surface area contributed by atoms with Crippen molar-refractivity contribution in [3.8, 4) is 0 Å². The predicted molar refractivity (Wildman–Crippen MR) is 111 cm³/mol. The highest BCUT2D eigenvalue weighted by Gasteiger charge is 2.17. The normalized spacial score (nSPS) is 17.3. The number of amides is 1. The SMILES string of the molecule is COC(=O)CSc1nnc(NC(=O)c2ccc(CN3CCCC(C)C3)cc2)s1. The molecule has 0 radical (unpaired) electrons. The van der Waals surface area contributed by atoms with Crippen LogP contribution in [0.25, 0.3) is 0 Å². The van der Waals surface area contributed by atoms with Gasteiger partial charge in [-0.2, -0.15) is 0 Å². The van der Waals surface area contributed by atoms with Gasteiger partial charge in [0, 0.05) is 18.7 Å². The van der Waals surface area contributed by atoms with Gasteiger partial charge in [-0.15, -0.1) is 10.2 Å². The average molecular weight is 421 g/mol. The van der Waals surface area contributed by atoms with Crippen LogP contribution in [0.5, 0.6) is 0 Å². The molecule has 9 heteroatoms. The maximum Gasteiger partial charge on any atom is 0.316 e. The van der Waals surface area contributed by atoms with E-state index >= 15 is 0 Å². The summed E-state index contributed by atoms with van der Waals surface area (Å²) < 4.78 is 5.19. The minimum Gasteiger partial charge on any atom is -0.468 e. The number of nitrogens with one attached hydrogen (secondary N) is 1. The smallest absolute Gasteiger partial charge is 0.316 e. The van der Waals surface area contributed by atoms with Crippen molar-refractivity contribution < 1.29 is 14.3 Å². The lowest BCUT2D eigenvalue weighted by molar-refractivity contribution is -0.137. The predicted octanol–water partition coefficient (Wildman–Crippen LogP) is 3.29. The third-order valence-electron chi connectivity index (χ3n) is 4.53. The Morgan fingerprint density at radius 1 is 1.32 bits per heavy atom. The van der Waals surface area contributed by atoms with Crippen molar-refractivity contribution in [1.29, 1.82) is 0 Å². The average Bonchev–Trinajstić information content (AvgIpc) is 3.14. The van der Waals surface area contributed by atoms with Crippen LogP contribution in [0, 0.1) is 5.92 Å². The fraction of sp³-hybridized carbons (Fsp3) is 0.474. The number of aromatic nitrogens is 2. The molecule has 1 unspecified atom stereocenters. The Bertz CT molecular complexity index is 810. The van der Waals surface area contributed by atoms with Crippen LogP contribution in [0.3, 0.4) is 0 Å². The number of esters is 1. The van der Waals surface area contributed by atoms with Gasteiger partial charge in [0.15, 0.2) is 4.34 Å². The van der Waals surface area contributed by atoms with Gasteiger partial charge in [0.25, 0.3) is 5.91 Å². The van der Waals surface area contributed by atoms with Crippen LogP contribution in [0.1, 0.15) is 35.7 Å². The largest absolute Gasteiger partial charge is 0.468 e. The van der Waals surface area contributed by atoms with E-state index in [0.717, 1.165) is 25.6 Å². The van der Waals surface area contributed by atoms with Crippen molar-refractivity contribution in [1.82, 2.24) is 15.1 Å². The standard InChI is InChI=1S/C19H24N4O3S2/c1-13-4-3-9-23(10-13)11-14-5-7-15(8-6-14)17(25)20-18-21-22-19(28-18)27-12-16(24)26-2/h5-8,13H,3-4,9-12H2,1-2H3,(H,20,21,25). The first-order valence-corrected chi connectivity index (χ1v) is 11.0. The van der Waals surface area contributed by atoms with Gasteiger partial charge < -0.3 is 4.74 Å². The highest BCUT2D eigenvalue weighted by molar-refractivity contribution is 8.01. The molecule has 2 aromatic rings. The molecule has 7 nitrogen and oxygen atoms in total. The van der Waals surface area contributed by atoms with E-state index in [9.17, 15) is 9.59 Å². The van der Waals surface area contributed by atoms with E-state index in [2.05, 4.69) is 32.1 Å². The summed E-state index contributed by atoms with van der Waals surface area (Å²) in [4.78, 5) is 26.1. The molecule has 0 bridgehead atoms. The Hall–Kier alpha value is -1.97. The van der Waals surface area contributed by atoms with E-state index in [1.807, 2.05) is 24.3 Å². The van der Waals surface area contributed by atoms with Crippen LogP contribution in [0.2, 0.25) is 0 Å². The molecule has 1 amide bonds. The van der Waals surface area contributed by atoms with E-state index < -0.39 is 0 Å². The molecule has 1 aromatic heterocycles. The number of hydrogen-bond donors (Lipinski definition) is 1. The fourth-order valence-corrected chi connectivity index (χ4v) is 4.70. The minimum absolute atomic E-state index is 0.163. The summed E-state index contributed by atoms with van der Waals surface area (Å²) in [5.41, 5.74) is 1.79. The molecule has 150 valence electrons. The van der Waals surface area contributed by atoms with E-state index in [4.69, 9.17) is 0 Å². The topological polar surface area (TPSA) is 84.4 Å². The molecule has 1 fully saturated rings. The number of nitrogens with zero attached hydrogens (tertiary/aromatic N) is 3. The maximum atomic E-state index is 12.4. The molecular weight excluding hydrogens is 396 g/mol. The monoisotopic (exact) mass is 420 g/mol. The molecule has 0 aliphatic carbocycles. The molecule has 3 rings (SSSR count). The summed E-state index contributed by atoms with van der Waals surface area (Å²) in [5, 5.41) is 11.1. The summed E-state index contributed by atoms with van der Waals surface area (Å²) in [7, 11) is 1.34. The van der Waals surface area contributed by atoms with Crippen LogP contribution in [-0.4, -0.2) is 52.9 Å². The molecule has 28 heavy (non-hydrogen) atoms. The Balaban J connectivity index is 1.52. The van der Waals surface area contributed by atoms with Crippen LogP contribution in [0.15, 0.2) is 28.6 Å². The summed E-state index contributed by atoms with van der Waals surface area (Å²) >= 11 is 2.46. The van der Waals surface area contributed by atoms with E-state index in [1.54, 1.807) is 0 Å². The number of hydrogen-bond acceptors (Lipinski definition) is 8. The minimum atomic E-state index is -0.329. The summed E-state index contributed by atoms with van der Waals surface area (Å²) in [5.74, 6) is 0.362. The fourth-order valence-electron chi connectivity index (χ4n) is 3.12. The van der Waals surface area contributed by atoms with Crippen molar-refractivity contribution in [3.63, 3.8) is 0 Å². The van der Waals surface area contributed by atoms with Crippen molar-refractivity contribution >= 4 is 40.1 Å². The summed E-state index contributed by atoms with van der Waals surface area (Å²) in [6.45, 7) is 5.49. The number of ether oxygens (including phenoxy) is 1. The summed E-state index contributed by atoms with van der Waals surface area (Å²) in [6.07, 6.45) is 2.56. The van der Waals surface area contributed by atoms with E-state index in [0.29, 0.717) is 15.0 Å². The van der Waals surface area contributed by atoms with Gasteiger partial charge in [-0.25, -0.2) is 0 Å². The third-order valence-corrected chi connectivity index (χ3v) is 6.48. The van der Waals surface area contributed by atoms with Gasteiger partial charge in [0.05, 0.1) is 12.9 Å². The van der Waals surface area contributed by atoms with Crippen molar-refractivity contribution in [2.75, 3.05) is 31.3 Å². The number of carbonyl (C=O) groups is 2. The lowest BCUT2D eigenvalue weighted by Gasteiger charge is -2.30. The lowest BCUT2D eigenvalue weighted by Crippen LogP contribution is -2.33. The second-order valence-corrected chi connectivity index (χ2v) is 9.07. The van der Waals surface area contributed by atoms with Crippen LogP contribution >= 0.6 is 23.1 Å². The molecule has 0 spiro atoms. The Morgan fingerprint density at radius 3 is 2.82 bits per heavy atom. The Labute approximate surface area is 172 Å². The number of methoxy groups -OCH3 is 1. The second kappa shape index (κ2) is 9.99. The zero-order valence-electron chi connectivity index (χ0n) is 16.0. The van der Waals surface area contributed by atoms with Crippen molar-refractivity contribution in [2.45, 2.75) is 30.6 Å². The second-order valence-electron chi connectivity index (χ2n) is 6.87. The van der Waals surface area contributed by atoms with Gasteiger partial charge in [-0.05, 0) is 43.0 Å². The van der Waals surface area contributed by atoms with Gasteiger partial charge in [-0.3, -0.25) is 19.8 Å². The van der Waals surface area contributed by atoms with E-state index in [-0.39, 0.29) is 17.6 Å². The van der Waals surface area contributed by atoms with Gasteiger partial charge in [-0.1, -0.05) is 42.2 Å². The van der Waals surface area contributed by atoms with Gasteiger partial charge >= 0.3 is 5.97 Å². The maximum absolute atomic E-state index is 12.4. The van der Waals surface area contributed by atoms with Crippen LogP contribution in [0.4, 0.5) is 5.13 Å². The van der Waals surface area contributed by atoms with Gasteiger partial charge in [0.2, 0.25) is 5.13 Å². The summed E-state index contributed by atoms with van der Waals surface area (Å²) in [6, 6.07) is 7.69. The first kappa shape index (κ1) is 20.8.